The van der Waals surface area contributed by atoms with E-state index in [1.807, 2.05) is 20.8 Å². The molecule has 4 heteroatoms. The molecule has 16 heavy (non-hydrogen) atoms. The number of amides is 1. The van der Waals surface area contributed by atoms with Gasteiger partial charge in [0.05, 0.1) is 13.1 Å². The molecular formula is C12H21NO3. The molecule has 4 nitrogen and oxygen atoms in total. The van der Waals surface area contributed by atoms with Crippen molar-refractivity contribution in [2.45, 2.75) is 38.9 Å². The van der Waals surface area contributed by atoms with Gasteiger partial charge >= 0.3 is 0 Å². The van der Waals surface area contributed by atoms with Crippen molar-refractivity contribution in [3.8, 4) is 0 Å². The summed E-state index contributed by atoms with van der Waals surface area (Å²) in [5, 5.41) is 10.1. The van der Waals surface area contributed by atoms with E-state index in [0.29, 0.717) is 25.6 Å². The molecule has 1 N–H and O–H groups in total. The van der Waals surface area contributed by atoms with Crippen molar-refractivity contribution in [3.63, 3.8) is 0 Å². The van der Waals surface area contributed by atoms with Gasteiger partial charge in [0.2, 0.25) is 0 Å². The van der Waals surface area contributed by atoms with E-state index in [-0.39, 0.29) is 17.9 Å². The van der Waals surface area contributed by atoms with Crippen molar-refractivity contribution in [2.75, 3.05) is 19.7 Å². The molecular weight excluding hydrogens is 206 g/mol. The first-order chi connectivity index (χ1) is 7.44. The number of hydrogen-bond acceptors (Lipinski definition) is 3. The second kappa shape index (κ2) is 4.00. The fourth-order valence-electron chi connectivity index (χ4n) is 2.33. The Balaban J connectivity index is 1.90. The van der Waals surface area contributed by atoms with Crippen LogP contribution in [0.2, 0.25) is 0 Å². The molecule has 2 saturated heterocycles. The van der Waals surface area contributed by atoms with E-state index < -0.39 is 5.60 Å². The molecule has 1 amide bonds. The van der Waals surface area contributed by atoms with Gasteiger partial charge in [-0.05, 0) is 18.3 Å². The molecule has 2 fully saturated rings. The summed E-state index contributed by atoms with van der Waals surface area (Å²) in [6.07, 6.45) is 0.676. The fourth-order valence-corrected chi connectivity index (χ4v) is 2.33. The Hall–Kier alpha value is -0.610. The third kappa shape index (κ3) is 1.84. The molecule has 2 aliphatic heterocycles. The largest absolute Gasteiger partial charge is 0.386 e. The zero-order valence-corrected chi connectivity index (χ0v) is 10.3. The monoisotopic (exact) mass is 227 g/mol. The van der Waals surface area contributed by atoms with Crippen LogP contribution in [0.25, 0.3) is 0 Å². The van der Waals surface area contributed by atoms with E-state index in [0.717, 1.165) is 6.42 Å². The molecule has 2 aliphatic rings. The molecule has 0 aromatic carbocycles. The molecule has 0 bridgehead atoms. The average molecular weight is 227 g/mol. The van der Waals surface area contributed by atoms with Crippen LogP contribution in [-0.4, -0.2) is 47.3 Å². The summed E-state index contributed by atoms with van der Waals surface area (Å²) in [6.45, 7) is 7.60. The lowest BCUT2D eigenvalue weighted by atomic mass is 9.82. The minimum atomic E-state index is -0.683. The normalized spacial score (nSPS) is 32.9. The molecule has 92 valence electrons. The summed E-state index contributed by atoms with van der Waals surface area (Å²) < 4.78 is 5.44. The Morgan fingerprint density at radius 3 is 2.56 bits per heavy atom. The number of rotatable bonds is 2. The number of likely N-dealkylation sites (tertiary alicyclic amines) is 1. The number of aliphatic hydroxyl groups is 1. The minimum absolute atomic E-state index is 0.0512. The van der Waals surface area contributed by atoms with Gasteiger partial charge in [0.1, 0.15) is 11.7 Å². The van der Waals surface area contributed by atoms with Crippen molar-refractivity contribution in [1.82, 2.24) is 4.90 Å². The highest BCUT2D eigenvalue weighted by molar-refractivity contribution is 5.82. The van der Waals surface area contributed by atoms with Crippen LogP contribution in [0.15, 0.2) is 0 Å². The van der Waals surface area contributed by atoms with Gasteiger partial charge in [-0.25, -0.2) is 0 Å². The molecule has 2 rings (SSSR count). The summed E-state index contributed by atoms with van der Waals surface area (Å²) in [5.74, 6) is 0.550. The van der Waals surface area contributed by atoms with Gasteiger partial charge in [0.15, 0.2) is 0 Å². The van der Waals surface area contributed by atoms with Gasteiger partial charge in [-0.15, -0.1) is 0 Å². The Labute approximate surface area is 96.6 Å². The summed E-state index contributed by atoms with van der Waals surface area (Å²) in [7, 11) is 0. The third-order valence-corrected chi connectivity index (χ3v) is 3.95. The van der Waals surface area contributed by atoms with Gasteiger partial charge < -0.3 is 14.7 Å². The number of carbonyl (C=O) groups excluding carboxylic acids is 1. The van der Waals surface area contributed by atoms with Crippen molar-refractivity contribution in [2.24, 2.45) is 11.8 Å². The predicted molar refractivity (Wildman–Crippen MR) is 59.9 cm³/mol. The van der Waals surface area contributed by atoms with Crippen LogP contribution in [0.5, 0.6) is 0 Å². The molecule has 0 aromatic heterocycles. The lowest BCUT2D eigenvalue weighted by molar-refractivity contribution is -0.173. The summed E-state index contributed by atoms with van der Waals surface area (Å²) in [6, 6.07) is 0. The maximum absolute atomic E-state index is 12.0. The van der Waals surface area contributed by atoms with Gasteiger partial charge in [-0.1, -0.05) is 20.8 Å². The maximum Gasteiger partial charge on any atom is 0.252 e. The van der Waals surface area contributed by atoms with Crippen LogP contribution in [-0.2, 0) is 9.53 Å². The minimum Gasteiger partial charge on any atom is -0.386 e. The smallest absolute Gasteiger partial charge is 0.252 e. The predicted octanol–water partition coefficient (Wildman–Crippen LogP) is 0.641. The first-order valence-electron chi connectivity index (χ1n) is 6.07. The van der Waals surface area contributed by atoms with Crippen molar-refractivity contribution < 1.29 is 14.6 Å². The second-order valence-corrected chi connectivity index (χ2v) is 5.51. The number of carbonyl (C=O) groups is 1. The van der Waals surface area contributed by atoms with Gasteiger partial charge in [-0.3, -0.25) is 4.79 Å². The first-order valence-corrected chi connectivity index (χ1v) is 6.07. The van der Waals surface area contributed by atoms with E-state index in [4.69, 9.17) is 4.74 Å². The molecule has 2 unspecified atom stereocenters. The molecule has 2 heterocycles. The number of ether oxygens (including phenoxy) is 1. The van der Waals surface area contributed by atoms with Crippen molar-refractivity contribution >= 4 is 5.91 Å². The zero-order chi connectivity index (χ0) is 11.9. The summed E-state index contributed by atoms with van der Waals surface area (Å²) >= 11 is 0. The second-order valence-electron chi connectivity index (χ2n) is 5.51. The molecule has 2 atom stereocenters. The number of nitrogens with zero attached hydrogens (tertiary/aromatic N) is 1. The van der Waals surface area contributed by atoms with Crippen LogP contribution in [0.3, 0.4) is 0 Å². The Kier molecular flexibility index (Phi) is 2.97. The zero-order valence-electron chi connectivity index (χ0n) is 10.3. The van der Waals surface area contributed by atoms with E-state index >= 15 is 0 Å². The summed E-state index contributed by atoms with van der Waals surface area (Å²) in [4.78, 5) is 13.8. The fraction of sp³-hybridized carbons (Fsp3) is 0.917. The topological polar surface area (TPSA) is 49.8 Å². The lowest BCUT2D eigenvalue weighted by Crippen LogP contribution is -2.67. The quantitative estimate of drug-likeness (QED) is 0.753. The van der Waals surface area contributed by atoms with Crippen molar-refractivity contribution in [1.29, 1.82) is 0 Å². The lowest BCUT2D eigenvalue weighted by Gasteiger charge is -2.49. The van der Waals surface area contributed by atoms with Gasteiger partial charge in [0.25, 0.3) is 5.91 Å². The Morgan fingerprint density at radius 2 is 2.12 bits per heavy atom. The van der Waals surface area contributed by atoms with Crippen LogP contribution in [0.4, 0.5) is 0 Å². The maximum atomic E-state index is 12.0. The number of β-amino-alcohol motifs (C(OH)–C–C–N with tert-alkyl or cyclic N) is 1. The molecule has 0 spiro atoms. The Bertz CT molecular complexity index is 284. The van der Waals surface area contributed by atoms with Crippen LogP contribution in [0, 0.1) is 11.8 Å². The Morgan fingerprint density at radius 1 is 1.50 bits per heavy atom. The SMILES string of the molecule is CC1CCOC1C(=O)N1CC(O)(C(C)C)C1. The first kappa shape index (κ1) is 11.9. The van der Waals surface area contributed by atoms with Gasteiger partial charge in [0, 0.05) is 6.61 Å². The molecule has 0 aromatic rings. The van der Waals surface area contributed by atoms with E-state index in [9.17, 15) is 9.90 Å². The van der Waals surface area contributed by atoms with Crippen LogP contribution >= 0.6 is 0 Å². The van der Waals surface area contributed by atoms with Crippen LogP contribution in [0.1, 0.15) is 27.2 Å². The highest BCUT2D eigenvalue weighted by Gasteiger charge is 2.48. The third-order valence-electron chi connectivity index (χ3n) is 3.95. The van der Waals surface area contributed by atoms with Crippen molar-refractivity contribution in [3.05, 3.63) is 0 Å². The number of hydrogen-bond donors (Lipinski definition) is 1. The van der Waals surface area contributed by atoms with E-state index in [1.54, 1.807) is 4.90 Å². The standard InChI is InChI=1S/C12H21NO3/c1-8(2)12(15)6-13(7-12)11(14)10-9(3)4-5-16-10/h8-10,15H,4-7H2,1-3H3. The van der Waals surface area contributed by atoms with E-state index in [1.165, 1.54) is 0 Å². The van der Waals surface area contributed by atoms with Crippen LogP contribution < -0.4 is 0 Å². The molecule has 0 aliphatic carbocycles. The molecule has 0 saturated carbocycles. The average Bonchev–Trinajstić information content (AvgIpc) is 2.58. The molecule has 0 radical (unpaired) electrons. The highest BCUT2D eigenvalue weighted by Crippen LogP contribution is 2.31. The van der Waals surface area contributed by atoms with E-state index in [2.05, 4.69) is 0 Å². The highest BCUT2D eigenvalue weighted by atomic mass is 16.5. The summed E-state index contributed by atoms with van der Waals surface area (Å²) in [5.41, 5.74) is -0.683. The van der Waals surface area contributed by atoms with Gasteiger partial charge in [-0.2, -0.15) is 0 Å².